The first-order valence-corrected chi connectivity index (χ1v) is 6.77. The number of amides is 1. The molecule has 2 unspecified atom stereocenters. The molecule has 1 aliphatic rings. The number of benzene rings is 1. The first-order valence-electron chi connectivity index (χ1n) is 6.77. The fraction of sp³-hybridized carbons (Fsp3) is 0.533. The van der Waals surface area contributed by atoms with E-state index in [0.29, 0.717) is 6.04 Å². The van der Waals surface area contributed by atoms with E-state index in [2.05, 4.69) is 17.6 Å². The first kappa shape index (κ1) is 12.9. The number of anilines is 1. The van der Waals surface area contributed by atoms with Crippen LogP contribution in [0.2, 0.25) is 0 Å². The summed E-state index contributed by atoms with van der Waals surface area (Å²) in [5, 5.41) is 6.19. The van der Waals surface area contributed by atoms with Crippen LogP contribution in [0.1, 0.15) is 43.0 Å². The Morgan fingerprint density at radius 2 is 1.94 bits per heavy atom. The smallest absolute Gasteiger partial charge is 0.251 e. The average Bonchev–Trinajstić information content (AvgIpc) is 2.39. The molecule has 2 N–H and O–H groups in total. The summed E-state index contributed by atoms with van der Waals surface area (Å²) < 4.78 is 0. The van der Waals surface area contributed by atoms with Gasteiger partial charge in [-0.3, -0.25) is 4.79 Å². The zero-order chi connectivity index (χ0) is 13.0. The van der Waals surface area contributed by atoms with Crippen molar-refractivity contribution in [2.24, 2.45) is 5.92 Å². The van der Waals surface area contributed by atoms with E-state index in [1.165, 1.54) is 12.8 Å². The molecule has 3 nitrogen and oxygen atoms in total. The topological polar surface area (TPSA) is 41.1 Å². The summed E-state index contributed by atoms with van der Waals surface area (Å²) in [7, 11) is 1.87. The molecule has 0 bridgehead atoms. The van der Waals surface area contributed by atoms with Crippen molar-refractivity contribution in [1.82, 2.24) is 5.32 Å². The molecule has 1 saturated carbocycles. The third kappa shape index (κ3) is 3.25. The Kier molecular flexibility index (Phi) is 4.24. The second kappa shape index (κ2) is 5.89. The summed E-state index contributed by atoms with van der Waals surface area (Å²) in [6, 6.07) is 7.95. The van der Waals surface area contributed by atoms with Gasteiger partial charge in [0.25, 0.3) is 5.91 Å². The second-order valence-corrected chi connectivity index (χ2v) is 5.27. The maximum Gasteiger partial charge on any atom is 0.251 e. The summed E-state index contributed by atoms with van der Waals surface area (Å²) in [5.41, 5.74) is 1.77. The minimum atomic E-state index is 0.0525. The molecule has 1 aromatic carbocycles. The molecule has 2 atom stereocenters. The highest BCUT2D eigenvalue weighted by Crippen LogP contribution is 2.23. The van der Waals surface area contributed by atoms with Crippen molar-refractivity contribution in [3.05, 3.63) is 29.8 Å². The van der Waals surface area contributed by atoms with Crippen molar-refractivity contribution in [1.29, 1.82) is 0 Å². The van der Waals surface area contributed by atoms with Crippen LogP contribution in [-0.2, 0) is 0 Å². The van der Waals surface area contributed by atoms with E-state index < -0.39 is 0 Å². The first-order chi connectivity index (χ1) is 8.69. The van der Waals surface area contributed by atoms with Gasteiger partial charge in [-0.2, -0.15) is 0 Å². The van der Waals surface area contributed by atoms with Gasteiger partial charge in [-0.05, 0) is 43.0 Å². The lowest BCUT2D eigenvalue weighted by Gasteiger charge is -2.27. The predicted octanol–water partition coefficient (Wildman–Crippen LogP) is 3.04. The van der Waals surface area contributed by atoms with Crippen molar-refractivity contribution in [2.75, 3.05) is 12.4 Å². The Balaban J connectivity index is 1.94. The molecule has 0 spiro atoms. The Bertz CT molecular complexity index is 399. The number of rotatable bonds is 3. The van der Waals surface area contributed by atoms with Gasteiger partial charge in [-0.15, -0.1) is 0 Å². The molecule has 1 fully saturated rings. The highest BCUT2D eigenvalue weighted by atomic mass is 16.1. The number of hydrogen-bond acceptors (Lipinski definition) is 2. The van der Waals surface area contributed by atoms with Crippen LogP contribution in [0.4, 0.5) is 5.69 Å². The number of carbonyl (C=O) groups excluding carboxylic acids is 1. The van der Waals surface area contributed by atoms with Crippen molar-refractivity contribution in [3.8, 4) is 0 Å². The summed E-state index contributed by atoms with van der Waals surface area (Å²) in [6.45, 7) is 2.26. The van der Waals surface area contributed by atoms with Crippen molar-refractivity contribution < 1.29 is 4.79 Å². The SMILES string of the molecule is CNc1ccc(C(=O)NC2CCCC(C)C2)cc1. The Hall–Kier alpha value is -1.51. The number of hydrogen-bond donors (Lipinski definition) is 2. The third-order valence-corrected chi connectivity index (χ3v) is 3.71. The fourth-order valence-electron chi connectivity index (χ4n) is 2.62. The molecule has 0 heterocycles. The molecule has 3 heteroatoms. The van der Waals surface area contributed by atoms with Crippen LogP contribution in [0.5, 0.6) is 0 Å². The largest absolute Gasteiger partial charge is 0.388 e. The van der Waals surface area contributed by atoms with Crippen LogP contribution in [0, 0.1) is 5.92 Å². The van der Waals surface area contributed by atoms with Gasteiger partial charge >= 0.3 is 0 Å². The van der Waals surface area contributed by atoms with Crippen molar-refractivity contribution in [2.45, 2.75) is 38.6 Å². The summed E-state index contributed by atoms with van der Waals surface area (Å²) in [5.74, 6) is 0.785. The average molecular weight is 246 g/mol. The molecule has 0 aliphatic heterocycles. The van der Waals surface area contributed by atoms with Crippen molar-refractivity contribution in [3.63, 3.8) is 0 Å². The van der Waals surface area contributed by atoms with Crippen LogP contribution in [-0.4, -0.2) is 19.0 Å². The lowest BCUT2D eigenvalue weighted by Crippen LogP contribution is -2.37. The quantitative estimate of drug-likeness (QED) is 0.860. The van der Waals surface area contributed by atoms with E-state index >= 15 is 0 Å². The standard InChI is InChI=1S/C15H22N2O/c1-11-4-3-5-14(10-11)17-15(18)12-6-8-13(16-2)9-7-12/h6-9,11,14,16H,3-5,10H2,1-2H3,(H,17,18). The van der Waals surface area contributed by atoms with Crippen LogP contribution < -0.4 is 10.6 Å². The lowest BCUT2D eigenvalue weighted by atomic mass is 9.87. The Labute approximate surface area is 109 Å². The molecule has 1 amide bonds. The molecule has 2 rings (SSSR count). The van der Waals surface area contributed by atoms with Gasteiger partial charge in [0.15, 0.2) is 0 Å². The summed E-state index contributed by atoms with van der Waals surface area (Å²) >= 11 is 0. The normalized spacial score (nSPS) is 23.4. The zero-order valence-corrected chi connectivity index (χ0v) is 11.2. The summed E-state index contributed by atoms with van der Waals surface area (Å²) in [6.07, 6.45) is 4.75. The van der Waals surface area contributed by atoms with Crippen molar-refractivity contribution >= 4 is 11.6 Å². The van der Waals surface area contributed by atoms with Gasteiger partial charge in [0.05, 0.1) is 0 Å². The van der Waals surface area contributed by atoms with Gasteiger partial charge < -0.3 is 10.6 Å². The highest BCUT2D eigenvalue weighted by molar-refractivity contribution is 5.94. The van der Waals surface area contributed by atoms with Gasteiger partial charge in [-0.1, -0.05) is 19.8 Å². The van der Waals surface area contributed by atoms with E-state index in [4.69, 9.17) is 0 Å². The number of nitrogens with one attached hydrogen (secondary N) is 2. The van der Waals surface area contributed by atoms with E-state index in [1.54, 1.807) is 0 Å². The highest BCUT2D eigenvalue weighted by Gasteiger charge is 2.20. The maximum absolute atomic E-state index is 12.1. The third-order valence-electron chi connectivity index (χ3n) is 3.71. The molecular formula is C15H22N2O. The van der Waals surface area contributed by atoms with E-state index in [-0.39, 0.29) is 5.91 Å². The molecule has 1 aromatic rings. The van der Waals surface area contributed by atoms with Crippen LogP contribution in [0.25, 0.3) is 0 Å². The zero-order valence-electron chi connectivity index (χ0n) is 11.2. The van der Waals surface area contributed by atoms with Crippen LogP contribution in [0.15, 0.2) is 24.3 Å². The van der Waals surface area contributed by atoms with Gasteiger partial charge in [0.2, 0.25) is 0 Å². The minimum absolute atomic E-state index is 0.0525. The van der Waals surface area contributed by atoms with Crippen LogP contribution in [0.3, 0.4) is 0 Å². The molecule has 1 aliphatic carbocycles. The fourth-order valence-corrected chi connectivity index (χ4v) is 2.62. The monoisotopic (exact) mass is 246 g/mol. The molecule has 0 saturated heterocycles. The Morgan fingerprint density at radius 3 is 2.56 bits per heavy atom. The second-order valence-electron chi connectivity index (χ2n) is 5.27. The van der Waals surface area contributed by atoms with E-state index in [0.717, 1.165) is 30.0 Å². The van der Waals surface area contributed by atoms with E-state index in [1.807, 2.05) is 31.3 Å². The molecule has 98 valence electrons. The predicted molar refractivity (Wildman–Crippen MR) is 74.9 cm³/mol. The molecular weight excluding hydrogens is 224 g/mol. The van der Waals surface area contributed by atoms with Crippen LogP contribution >= 0.6 is 0 Å². The minimum Gasteiger partial charge on any atom is -0.388 e. The van der Waals surface area contributed by atoms with Gasteiger partial charge in [-0.25, -0.2) is 0 Å². The molecule has 0 radical (unpaired) electrons. The van der Waals surface area contributed by atoms with Gasteiger partial charge in [0.1, 0.15) is 0 Å². The summed E-state index contributed by atoms with van der Waals surface area (Å²) in [4.78, 5) is 12.1. The Morgan fingerprint density at radius 1 is 1.22 bits per heavy atom. The lowest BCUT2D eigenvalue weighted by molar-refractivity contribution is 0.0921. The maximum atomic E-state index is 12.1. The van der Waals surface area contributed by atoms with Gasteiger partial charge in [0, 0.05) is 24.3 Å². The molecule has 0 aromatic heterocycles. The number of carbonyl (C=O) groups is 1. The molecule has 18 heavy (non-hydrogen) atoms. The van der Waals surface area contributed by atoms with E-state index in [9.17, 15) is 4.79 Å².